The van der Waals surface area contributed by atoms with Crippen molar-refractivity contribution < 1.29 is 23.8 Å². The molecule has 11 nitrogen and oxygen atoms in total. The maximum atomic E-state index is 12.5. The average molecular weight is 531 g/mol. The molecule has 1 aromatic carbocycles. The number of rotatable bonds is 10. The predicted octanol–water partition coefficient (Wildman–Crippen LogP) is 2.58. The smallest absolute Gasteiger partial charge is 0.415 e. The highest BCUT2D eigenvalue weighted by Gasteiger charge is 2.33. The summed E-state index contributed by atoms with van der Waals surface area (Å²) in [7, 11) is 0. The number of ether oxygens (including phenoxy) is 3. The largest absolute Gasteiger partial charge is 0.480 e. The van der Waals surface area contributed by atoms with Crippen LogP contribution in [0.2, 0.25) is 0 Å². The van der Waals surface area contributed by atoms with E-state index in [-0.39, 0.29) is 18.6 Å². The van der Waals surface area contributed by atoms with E-state index in [2.05, 4.69) is 38.1 Å². The first kappa shape index (κ1) is 25.1. The molecule has 1 atom stereocenters. The fraction of sp³-hybridized carbons (Fsp3) is 0.357. The molecule has 3 N–H and O–H groups in total. The predicted molar refractivity (Wildman–Crippen MR) is 144 cm³/mol. The molecule has 2 aromatic heterocycles. The van der Waals surface area contributed by atoms with Gasteiger partial charge in [-0.3, -0.25) is 9.69 Å². The van der Waals surface area contributed by atoms with Crippen LogP contribution in [0.1, 0.15) is 12.0 Å². The molecule has 2 fully saturated rings. The first-order valence-corrected chi connectivity index (χ1v) is 13.1. The zero-order chi connectivity index (χ0) is 26.6. The Balaban J connectivity index is 0.989. The third kappa shape index (κ3) is 5.94. The summed E-state index contributed by atoms with van der Waals surface area (Å²) in [6, 6.07) is 17.5. The molecule has 0 unspecified atom stereocenters. The van der Waals surface area contributed by atoms with Crippen molar-refractivity contribution in [3.8, 4) is 22.9 Å². The van der Waals surface area contributed by atoms with Crippen molar-refractivity contribution in [2.24, 2.45) is 5.92 Å². The minimum Gasteiger partial charge on any atom is -0.480 e. The van der Waals surface area contributed by atoms with Gasteiger partial charge in [-0.2, -0.15) is 0 Å². The van der Waals surface area contributed by atoms with Crippen LogP contribution in [-0.2, 0) is 16.1 Å². The highest BCUT2D eigenvalue weighted by molar-refractivity contribution is 5.95. The molecule has 39 heavy (non-hydrogen) atoms. The van der Waals surface area contributed by atoms with Crippen LogP contribution in [0.4, 0.5) is 16.4 Å². The lowest BCUT2D eigenvalue weighted by Crippen LogP contribution is -2.45. The van der Waals surface area contributed by atoms with E-state index in [1.807, 2.05) is 30.3 Å². The average Bonchev–Trinajstić information content (AvgIpc) is 3.30. The van der Waals surface area contributed by atoms with Gasteiger partial charge < -0.3 is 30.2 Å². The van der Waals surface area contributed by atoms with Gasteiger partial charge in [0, 0.05) is 37.2 Å². The number of carbonyl (C=O) groups is 2. The second-order valence-corrected chi connectivity index (χ2v) is 9.83. The Kier molecular flexibility index (Phi) is 7.24. The van der Waals surface area contributed by atoms with Crippen molar-refractivity contribution in [3.05, 3.63) is 60.2 Å². The van der Waals surface area contributed by atoms with E-state index < -0.39 is 6.09 Å². The molecule has 5 heterocycles. The zero-order valence-corrected chi connectivity index (χ0v) is 21.4. The van der Waals surface area contributed by atoms with Crippen molar-refractivity contribution in [2.75, 3.05) is 49.6 Å². The Bertz CT molecular complexity index is 1360. The first-order chi connectivity index (χ1) is 19.1. The third-order valence-electron chi connectivity index (χ3n) is 6.86. The van der Waals surface area contributed by atoms with Crippen molar-refractivity contribution in [3.63, 3.8) is 0 Å². The molecule has 0 saturated carbocycles. The molecule has 6 rings (SSSR count). The standard InChI is InChI=1S/C28H30N6O5/c35-25-17-37-23-7-8-24(32-27(23)33-25)34-15-21(39-28(34)36)9-10-29-12-18-3-1-4-20(11-18)22-5-2-6-26(31-22)38-16-19-13-30-14-19/h1-8,11,19,21,29-30H,9-10,12-17H2,(H,32,33,35)/t21-/m0/s1. The van der Waals surface area contributed by atoms with Crippen molar-refractivity contribution in [1.29, 1.82) is 0 Å². The second-order valence-electron chi connectivity index (χ2n) is 9.83. The van der Waals surface area contributed by atoms with E-state index in [1.54, 1.807) is 12.1 Å². The lowest BCUT2D eigenvalue weighted by molar-refractivity contribution is -0.118. The molecule has 0 bridgehead atoms. The number of hydrogen-bond acceptors (Lipinski definition) is 9. The molecule has 2 amide bonds. The summed E-state index contributed by atoms with van der Waals surface area (Å²) in [6.45, 7) is 4.37. The van der Waals surface area contributed by atoms with Gasteiger partial charge in [-0.1, -0.05) is 24.3 Å². The number of cyclic esters (lactones) is 1. The van der Waals surface area contributed by atoms with Crippen LogP contribution in [0.3, 0.4) is 0 Å². The van der Waals surface area contributed by atoms with Crippen LogP contribution in [0.15, 0.2) is 54.6 Å². The summed E-state index contributed by atoms with van der Waals surface area (Å²) in [5.41, 5.74) is 3.04. The van der Waals surface area contributed by atoms with Crippen LogP contribution in [-0.4, -0.2) is 67.5 Å². The Morgan fingerprint density at radius 2 is 1.97 bits per heavy atom. The quantitative estimate of drug-likeness (QED) is 0.339. The molecule has 3 aromatic rings. The van der Waals surface area contributed by atoms with E-state index in [0.717, 1.165) is 29.9 Å². The number of aromatic nitrogens is 2. The highest BCUT2D eigenvalue weighted by atomic mass is 16.6. The molecule has 3 aliphatic rings. The number of carbonyl (C=O) groups excluding carboxylic acids is 2. The van der Waals surface area contributed by atoms with Crippen LogP contribution < -0.4 is 30.3 Å². The summed E-state index contributed by atoms with van der Waals surface area (Å²) in [4.78, 5) is 34.6. The summed E-state index contributed by atoms with van der Waals surface area (Å²) in [6.07, 6.45) is -0.0570. The van der Waals surface area contributed by atoms with Crippen molar-refractivity contribution in [1.82, 2.24) is 20.6 Å². The summed E-state index contributed by atoms with van der Waals surface area (Å²) in [5, 5.41) is 9.35. The zero-order valence-electron chi connectivity index (χ0n) is 21.4. The number of nitrogens with one attached hydrogen (secondary N) is 3. The molecular weight excluding hydrogens is 500 g/mol. The van der Waals surface area contributed by atoms with Crippen molar-refractivity contribution in [2.45, 2.75) is 19.1 Å². The molecule has 11 heteroatoms. The molecule has 0 spiro atoms. The van der Waals surface area contributed by atoms with E-state index >= 15 is 0 Å². The van der Waals surface area contributed by atoms with Gasteiger partial charge in [0.1, 0.15) is 11.9 Å². The van der Waals surface area contributed by atoms with Crippen molar-refractivity contribution >= 4 is 23.6 Å². The minimum atomic E-state index is -0.453. The molecular formula is C28H30N6O5. The second kappa shape index (κ2) is 11.3. The molecule has 3 aliphatic heterocycles. The highest BCUT2D eigenvalue weighted by Crippen LogP contribution is 2.30. The Morgan fingerprint density at radius 1 is 1.08 bits per heavy atom. The van der Waals surface area contributed by atoms with Crippen LogP contribution in [0.25, 0.3) is 11.3 Å². The van der Waals surface area contributed by atoms with E-state index in [1.165, 1.54) is 4.90 Å². The van der Waals surface area contributed by atoms with E-state index in [4.69, 9.17) is 14.2 Å². The Hall–Kier alpha value is -4.22. The number of anilines is 2. The van der Waals surface area contributed by atoms with Gasteiger partial charge in [0.2, 0.25) is 5.88 Å². The molecule has 0 radical (unpaired) electrons. The lowest BCUT2D eigenvalue weighted by Gasteiger charge is -2.26. The molecule has 202 valence electrons. The fourth-order valence-corrected chi connectivity index (χ4v) is 4.62. The summed E-state index contributed by atoms with van der Waals surface area (Å²) < 4.78 is 16.8. The molecule has 2 saturated heterocycles. The number of fused-ring (bicyclic) bond motifs is 1. The van der Waals surface area contributed by atoms with Gasteiger partial charge in [-0.25, -0.2) is 14.8 Å². The van der Waals surface area contributed by atoms with Crippen LogP contribution in [0, 0.1) is 5.92 Å². The number of amides is 2. The van der Waals surface area contributed by atoms with E-state index in [9.17, 15) is 9.59 Å². The fourth-order valence-electron chi connectivity index (χ4n) is 4.62. The SMILES string of the molecule is O=C1COc2ccc(N3C[C@H](CCNCc4cccc(-c5cccc(OCC6CNC6)n5)c4)OC3=O)nc2N1. The van der Waals surface area contributed by atoms with Gasteiger partial charge in [0.15, 0.2) is 18.2 Å². The number of benzene rings is 1. The monoisotopic (exact) mass is 530 g/mol. The lowest BCUT2D eigenvalue weighted by atomic mass is 10.1. The van der Waals surface area contributed by atoms with Gasteiger partial charge in [-0.05, 0) is 42.8 Å². The van der Waals surface area contributed by atoms with Gasteiger partial charge >= 0.3 is 6.09 Å². The number of pyridine rings is 2. The summed E-state index contributed by atoms with van der Waals surface area (Å²) in [5.74, 6) is 2.13. The minimum absolute atomic E-state index is 0.0449. The van der Waals surface area contributed by atoms with E-state index in [0.29, 0.717) is 61.8 Å². The molecule has 0 aliphatic carbocycles. The van der Waals surface area contributed by atoms with Crippen LogP contribution in [0.5, 0.6) is 11.6 Å². The number of hydrogen-bond donors (Lipinski definition) is 3. The van der Waals surface area contributed by atoms with Gasteiger partial charge in [-0.15, -0.1) is 0 Å². The normalized spacial score (nSPS) is 18.6. The maximum absolute atomic E-state index is 12.5. The Labute approximate surface area is 225 Å². The maximum Gasteiger partial charge on any atom is 0.415 e. The topological polar surface area (TPSA) is 127 Å². The third-order valence-corrected chi connectivity index (χ3v) is 6.86. The Morgan fingerprint density at radius 3 is 2.85 bits per heavy atom. The first-order valence-electron chi connectivity index (χ1n) is 13.1. The van der Waals surface area contributed by atoms with Crippen LogP contribution >= 0.6 is 0 Å². The summed E-state index contributed by atoms with van der Waals surface area (Å²) >= 11 is 0. The van der Waals surface area contributed by atoms with Gasteiger partial charge in [0.25, 0.3) is 5.91 Å². The van der Waals surface area contributed by atoms with Gasteiger partial charge in [0.05, 0.1) is 18.8 Å². The number of nitrogens with zero attached hydrogens (tertiary/aromatic N) is 3.